The highest BCUT2D eigenvalue weighted by Gasteiger charge is 2.55. The minimum Gasteiger partial charge on any atom is -0.117 e. The number of alkyl halides is 1. The van der Waals surface area contributed by atoms with E-state index in [0.717, 1.165) is 22.2 Å². The van der Waals surface area contributed by atoms with Crippen molar-refractivity contribution < 1.29 is 0 Å². The van der Waals surface area contributed by atoms with Crippen molar-refractivity contribution in [2.24, 2.45) is 17.8 Å². The average Bonchev–Trinajstić information content (AvgIpc) is 2.72. The molecular weight excluding hydrogens is 272 g/mol. The van der Waals surface area contributed by atoms with Gasteiger partial charge in [0.1, 0.15) is 0 Å². The van der Waals surface area contributed by atoms with Crippen LogP contribution in [0.2, 0.25) is 0 Å². The summed E-state index contributed by atoms with van der Waals surface area (Å²) in [5.41, 5.74) is 1.29. The lowest BCUT2D eigenvalue weighted by Crippen LogP contribution is -1.98. The standard InChI is InChI=1S/C13H14BrCl/c14-9-6-4-8(5-7-9)13(15)12-10-2-1-3-11(10)12/h4-7,10-13H,1-3H2. The summed E-state index contributed by atoms with van der Waals surface area (Å²) in [6.07, 6.45) is 4.25. The molecule has 2 aliphatic rings. The van der Waals surface area contributed by atoms with E-state index in [9.17, 15) is 0 Å². The van der Waals surface area contributed by atoms with E-state index in [-0.39, 0.29) is 5.38 Å². The molecule has 2 heteroatoms. The monoisotopic (exact) mass is 284 g/mol. The highest BCUT2D eigenvalue weighted by Crippen LogP contribution is 2.63. The van der Waals surface area contributed by atoms with Gasteiger partial charge in [-0.15, -0.1) is 11.6 Å². The number of halogens is 2. The summed E-state index contributed by atoms with van der Waals surface area (Å²) in [5, 5.41) is 0.244. The van der Waals surface area contributed by atoms with E-state index in [2.05, 4.69) is 40.2 Å². The molecule has 1 aromatic rings. The molecule has 1 aromatic carbocycles. The van der Waals surface area contributed by atoms with Crippen molar-refractivity contribution in [3.63, 3.8) is 0 Å². The molecule has 3 rings (SSSR count). The summed E-state index contributed by atoms with van der Waals surface area (Å²) in [4.78, 5) is 0. The molecular formula is C13H14BrCl. The van der Waals surface area contributed by atoms with Gasteiger partial charge in [0.2, 0.25) is 0 Å². The minimum atomic E-state index is 0.244. The van der Waals surface area contributed by atoms with Gasteiger partial charge in [0.25, 0.3) is 0 Å². The fraction of sp³-hybridized carbons (Fsp3) is 0.538. The van der Waals surface area contributed by atoms with Crippen LogP contribution in [-0.2, 0) is 0 Å². The van der Waals surface area contributed by atoms with Crippen LogP contribution in [0.5, 0.6) is 0 Å². The van der Waals surface area contributed by atoms with E-state index in [1.165, 1.54) is 24.8 Å². The Bertz CT molecular complexity index is 349. The molecule has 0 saturated heterocycles. The highest BCUT2D eigenvalue weighted by molar-refractivity contribution is 9.10. The Labute approximate surface area is 104 Å². The van der Waals surface area contributed by atoms with Crippen molar-refractivity contribution >= 4 is 27.5 Å². The normalized spacial score (nSPS) is 34.9. The molecule has 0 aliphatic heterocycles. The second kappa shape index (κ2) is 3.78. The topological polar surface area (TPSA) is 0 Å². The van der Waals surface area contributed by atoms with Gasteiger partial charge < -0.3 is 0 Å². The van der Waals surface area contributed by atoms with Gasteiger partial charge in [0, 0.05) is 4.47 Å². The molecule has 15 heavy (non-hydrogen) atoms. The number of hydrogen-bond donors (Lipinski definition) is 0. The first-order valence-corrected chi connectivity index (χ1v) is 6.90. The zero-order valence-electron chi connectivity index (χ0n) is 8.50. The maximum atomic E-state index is 6.54. The number of benzene rings is 1. The lowest BCUT2D eigenvalue weighted by atomic mass is 10.0. The molecule has 2 saturated carbocycles. The van der Waals surface area contributed by atoms with Gasteiger partial charge in [-0.05, 0) is 48.3 Å². The van der Waals surface area contributed by atoms with Gasteiger partial charge in [0.15, 0.2) is 0 Å². The Balaban J connectivity index is 1.75. The molecule has 80 valence electrons. The number of rotatable bonds is 2. The van der Waals surface area contributed by atoms with Crippen molar-refractivity contribution in [3.05, 3.63) is 34.3 Å². The molecule has 3 unspecified atom stereocenters. The first kappa shape index (κ1) is 10.2. The van der Waals surface area contributed by atoms with Crippen molar-refractivity contribution in [2.75, 3.05) is 0 Å². The van der Waals surface area contributed by atoms with Crippen molar-refractivity contribution in [1.82, 2.24) is 0 Å². The Kier molecular flexibility index (Phi) is 2.56. The molecule has 0 spiro atoms. The molecule has 0 radical (unpaired) electrons. The maximum Gasteiger partial charge on any atom is 0.0618 e. The maximum absolute atomic E-state index is 6.54. The second-order valence-corrected chi connectivity index (χ2v) is 6.18. The molecule has 0 aromatic heterocycles. The lowest BCUT2D eigenvalue weighted by molar-refractivity contribution is 0.574. The molecule has 3 atom stereocenters. The van der Waals surface area contributed by atoms with E-state index < -0.39 is 0 Å². The Morgan fingerprint density at radius 1 is 1.13 bits per heavy atom. The molecule has 0 heterocycles. The van der Waals surface area contributed by atoms with E-state index >= 15 is 0 Å². The van der Waals surface area contributed by atoms with Crippen LogP contribution in [-0.4, -0.2) is 0 Å². The van der Waals surface area contributed by atoms with Gasteiger partial charge in [-0.25, -0.2) is 0 Å². The van der Waals surface area contributed by atoms with Crippen LogP contribution in [0.4, 0.5) is 0 Å². The highest BCUT2D eigenvalue weighted by atomic mass is 79.9. The summed E-state index contributed by atoms with van der Waals surface area (Å²) < 4.78 is 1.13. The SMILES string of the molecule is ClC(c1ccc(Br)cc1)C1C2CCCC21. The number of hydrogen-bond acceptors (Lipinski definition) is 0. The first-order valence-electron chi connectivity index (χ1n) is 5.67. The number of fused-ring (bicyclic) bond motifs is 1. The lowest BCUT2D eigenvalue weighted by Gasteiger charge is -2.11. The van der Waals surface area contributed by atoms with E-state index in [0.29, 0.717) is 0 Å². The van der Waals surface area contributed by atoms with Gasteiger partial charge in [-0.1, -0.05) is 34.5 Å². The first-order chi connectivity index (χ1) is 7.27. The molecule has 2 fully saturated rings. The van der Waals surface area contributed by atoms with Crippen LogP contribution >= 0.6 is 27.5 Å². The minimum absolute atomic E-state index is 0.244. The largest absolute Gasteiger partial charge is 0.117 e. The Hall–Kier alpha value is -0.0100. The van der Waals surface area contributed by atoms with Crippen LogP contribution in [0, 0.1) is 17.8 Å². The molecule has 2 aliphatic carbocycles. The van der Waals surface area contributed by atoms with Crippen molar-refractivity contribution in [1.29, 1.82) is 0 Å². The molecule has 0 bridgehead atoms. The van der Waals surface area contributed by atoms with Crippen molar-refractivity contribution in [3.8, 4) is 0 Å². The third-order valence-corrected chi connectivity index (χ3v) is 5.07. The molecule has 0 N–H and O–H groups in total. The fourth-order valence-electron chi connectivity index (χ4n) is 3.18. The van der Waals surface area contributed by atoms with E-state index in [1.807, 2.05) is 0 Å². The van der Waals surface area contributed by atoms with Gasteiger partial charge in [0.05, 0.1) is 5.38 Å². The average molecular weight is 286 g/mol. The van der Waals surface area contributed by atoms with Crippen LogP contribution in [0.3, 0.4) is 0 Å². The van der Waals surface area contributed by atoms with Crippen LogP contribution in [0.1, 0.15) is 30.2 Å². The van der Waals surface area contributed by atoms with Crippen LogP contribution < -0.4 is 0 Å². The predicted octanol–water partition coefficient (Wildman–Crippen LogP) is 4.78. The van der Waals surface area contributed by atoms with Crippen molar-refractivity contribution in [2.45, 2.75) is 24.6 Å². The third-order valence-electron chi connectivity index (χ3n) is 4.00. The second-order valence-electron chi connectivity index (χ2n) is 4.79. The Morgan fingerprint density at radius 2 is 1.73 bits per heavy atom. The van der Waals surface area contributed by atoms with Crippen LogP contribution in [0.25, 0.3) is 0 Å². The summed E-state index contributed by atoms with van der Waals surface area (Å²) in [5.74, 6) is 2.65. The van der Waals surface area contributed by atoms with Crippen LogP contribution in [0.15, 0.2) is 28.7 Å². The summed E-state index contributed by atoms with van der Waals surface area (Å²) >= 11 is 10.00. The Morgan fingerprint density at radius 3 is 2.33 bits per heavy atom. The smallest absolute Gasteiger partial charge is 0.0618 e. The van der Waals surface area contributed by atoms with Gasteiger partial charge in [-0.2, -0.15) is 0 Å². The predicted molar refractivity (Wildman–Crippen MR) is 67.1 cm³/mol. The van der Waals surface area contributed by atoms with E-state index in [4.69, 9.17) is 11.6 Å². The fourth-order valence-corrected chi connectivity index (χ4v) is 3.96. The molecule has 0 nitrogen and oxygen atoms in total. The molecule has 0 amide bonds. The summed E-state index contributed by atoms with van der Waals surface area (Å²) in [6, 6.07) is 8.47. The zero-order valence-corrected chi connectivity index (χ0v) is 10.8. The summed E-state index contributed by atoms with van der Waals surface area (Å²) in [6.45, 7) is 0. The quantitative estimate of drug-likeness (QED) is 0.686. The van der Waals surface area contributed by atoms with Gasteiger partial charge in [-0.3, -0.25) is 0 Å². The zero-order chi connectivity index (χ0) is 10.4. The third kappa shape index (κ3) is 1.74. The van der Waals surface area contributed by atoms with E-state index in [1.54, 1.807) is 0 Å². The summed E-state index contributed by atoms with van der Waals surface area (Å²) in [7, 11) is 0. The van der Waals surface area contributed by atoms with Gasteiger partial charge >= 0.3 is 0 Å².